The Balaban J connectivity index is 2.34. The number of allylic oxidation sites excluding steroid dienone is 1. The summed E-state index contributed by atoms with van der Waals surface area (Å²) in [5.41, 5.74) is 2.35. The van der Waals surface area contributed by atoms with Crippen molar-refractivity contribution in [1.29, 1.82) is 0 Å². The zero-order valence-corrected chi connectivity index (χ0v) is 12.5. The third kappa shape index (κ3) is 3.57. The molecule has 0 amide bonds. The highest BCUT2D eigenvalue weighted by molar-refractivity contribution is 14.1. The van der Waals surface area contributed by atoms with Crippen molar-refractivity contribution in [2.45, 2.75) is 6.92 Å². The van der Waals surface area contributed by atoms with E-state index in [2.05, 4.69) is 54.4 Å². The standard InChI is InChI=1S/C13H12IN5/c1-3-6-15-12-9(2)17-8-18-13(12)19-10-4-5-11(14)16-7-10/h3-8H,1H2,2H3,(H,17,18,19). The van der Waals surface area contributed by atoms with E-state index < -0.39 is 0 Å². The van der Waals surface area contributed by atoms with E-state index in [0.29, 0.717) is 11.5 Å². The number of hydrogen-bond donors (Lipinski definition) is 1. The van der Waals surface area contributed by atoms with Gasteiger partial charge in [0.25, 0.3) is 0 Å². The Morgan fingerprint density at radius 1 is 1.32 bits per heavy atom. The van der Waals surface area contributed by atoms with Crippen molar-refractivity contribution in [3.05, 3.63) is 46.7 Å². The zero-order valence-electron chi connectivity index (χ0n) is 10.3. The van der Waals surface area contributed by atoms with Crippen LogP contribution in [0.1, 0.15) is 5.69 Å². The highest BCUT2D eigenvalue weighted by atomic mass is 127. The Labute approximate surface area is 125 Å². The predicted molar refractivity (Wildman–Crippen MR) is 85.4 cm³/mol. The van der Waals surface area contributed by atoms with Gasteiger partial charge in [-0.2, -0.15) is 0 Å². The lowest BCUT2D eigenvalue weighted by Gasteiger charge is -2.09. The van der Waals surface area contributed by atoms with Crippen molar-refractivity contribution < 1.29 is 0 Å². The molecule has 19 heavy (non-hydrogen) atoms. The van der Waals surface area contributed by atoms with Gasteiger partial charge in [-0.05, 0) is 41.6 Å². The van der Waals surface area contributed by atoms with E-state index in [1.807, 2.05) is 19.1 Å². The summed E-state index contributed by atoms with van der Waals surface area (Å²) in [7, 11) is 0. The van der Waals surface area contributed by atoms with Gasteiger partial charge in [-0.15, -0.1) is 0 Å². The van der Waals surface area contributed by atoms with Crippen molar-refractivity contribution in [3.8, 4) is 0 Å². The quantitative estimate of drug-likeness (QED) is 0.512. The second kappa shape index (κ2) is 6.37. The van der Waals surface area contributed by atoms with Crippen LogP contribution in [0.3, 0.4) is 0 Å². The molecule has 0 aliphatic carbocycles. The molecule has 0 atom stereocenters. The molecule has 0 fully saturated rings. The van der Waals surface area contributed by atoms with Gasteiger partial charge in [0.05, 0.1) is 17.6 Å². The third-order valence-electron chi connectivity index (χ3n) is 2.30. The number of aliphatic imine (C=N–C) groups is 1. The van der Waals surface area contributed by atoms with Crippen LogP contribution in [0, 0.1) is 10.6 Å². The molecule has 2 heterocycles. The van der Waals surface area contributed by atoms with Crippen LogP contribution < -0.4 is 5.32 Å². The molecule has 96 valence electrons. The minimum Gasteiger partial charge on any atom is -0.337 e. The molecule has 0 spiro atoms. The lowest BCUT2D eigenvalue weighted by Crippen LogP contribution is -1.97. The zero-order chi connectivity index (χ0) is 13.7. The highest BCUT2D eigenvalue weighted by Gasteiger charge is 2.07. The average Bonchev–Trinajstić information content (AvgIpc) is 2.41. The first-order valence-electron chi connectivity index (χ1n) is 5.56. The molecule has 0 aromatic carbocycles. The van der Waals surface area contributed by atoms with E-state index in [1.54, 1.807) is 18.5 Å². The maximum atomic E-state index is 4.29. The molecule has 6 heteroatoms. The summed E-state index contributed by atoms with van der Waals surface area (Å²) in [5, 5.41) is 3.18. The van der Waals surface area contributed by atoms with Crippen LogP contribution in [0.5, 0.6) is 0 Å². The smallest absolute Gasteiger partial charge is 0.160 e. The number of halogens is 1. The molecule has 0 unspecified atom stereocenters. The molecule has 0 aliphatic rings. The van der Waals surface area contributed by atoms with Gasteiger partial charge in [0, 0.05) is 6.21 Å². The lowest BCUT2D eigenvalue weighted by molar-refractivity contribution is 1.09. The average molecular weight is 365 g/mol. The number of pyridine rings is 1. The number of rotatable bonds is 4. The molecular weight excluding hydrogens is 353 g/mol. The summed E-state index contributed by atoms with van der Waals surface area (Å²) in [4.78, 5) is 16.8. The van der Waals surface area contributed by atoms with Crippen LogP contribution in [0.4, 0.5) is 17.2 Å². The second-order valence-corrected chi connectivity index (χ2v) is 4.77. The predicted octanol–water partition coefficient (Wildman–Crippen LogP) is 3.42. The van der Waals surface area contributed by atoms with Gasteiger partial charge in [-0.25, -0.2) is 15.0 Å². The van der Waals surface area contributed by atoms with E-state index in [1.165, 1.54) is 6.33 Å². The minimum atomic E-state index is 0.647. The second-order valence-electron chi connectivity index (χ2n) is 3.66. The summed E-state index contributed by atoms with van der Waals surface area (Å²) in [6.45, 7) is 5.49. The Hall–Kier alpha value is -1.83. The maximum Gasteiger partial charge on any atom is 0.160 e. The van der Waals surface area contributed by atoms with Crippen LogP contribution in [-0.4, -0.2) is 21.2 Å². The van der Waals surface area contributed by atoms with Gasteiger partial charge in [0.1, 0.15) is 15.7 Å². The van der Waals surface area contributed by atoms with Crippen molar-refractivity contribution >= 4 is 46.0 Å². The highest BCUT2D eigenvalue weighted by Crippen LogP contribution is 2.27. The Kier molecular flexibility index (Phi) is 4.56. The first-order valence-corrected chi connectivity index (χ1v) is 6.64. The molecule has 5 nitrogen and oxygen atoms in total. The topological polar surface area (TPSA) is 63.1 Å². The molecule has 0 aliphatic heterocycles. The van der Waals surface area contributed by atoms with E-state index in [0.717, 1.165) is 15.1 Å². The normalized spacial score (nSPS) is 10.6. The molecule has 2 aromatic heterocycles. The third-order valence-corrected chi connectivity index (χ3v) is 2.94. The van der Waals surface area contributed by atoms with Crippen molar-refractivity contribution in [3.63, 3.8) is 0 Å². The van der Waals surface area contributed by atoms with Gasteiger partial charge >= 0.3 is 0 Å². The molecule has 0 bridgehead atoms. The monoisotopic (exact) mass is 365 g/mol. The minimum absolute atomic E-state index is 0.647. The van der Waals surface area contributed by atoms with Gasteiger partial charge in [-0.1, -0.05) is 12.7 Å². The Bertz CT molecular complexity index is 607. The Morgan fingerprint density at radius 2 is 2.16 bits per heavy atom. The number of nitrogens with zero attached hydrogens (tertiary/aromatic N) is 4. The first kappa shape index (κ1) is 13.6. The number of anilines is 2. The van der Waals surface area contributed by atoms with Gasteiger partial charge in [-0.3, -0.25) is 4.99 Å². The summed E-state index contributed by atoms with van der Waals surface area (Å²) in [5.74, 6) is 0.647. The van der Waals surface area contributed by atoms with Crippen LogP contribution >= 0.6 is 22.6 Å². The molecule has 0 saturated carbocycles. The SMILES string of the molecule is C=CC=Nc1c(C)ncnc1Nc1ccc(I)nc1. The fraction of sp³-hybridized carbons (Fsp3) is 0.0769. The number of hydrogen-bond acceptors (Lipinski definition) is 5. The van der Waals surface area contributed by atoms with Crippen LogP contribution in [-0.2, 0) is 0 Å². The van der Waals surface area contributed by atoms with Gasteiger partial charge in [0.15, 0.2) is 5.82 Å². The van der Waals surface area contributed by atoms with Crippen LogP contribution in [0.2, 0.25) is 0 Å². The van der Waals surface area contributed by atoms with Crippen LogP contribution in [0.25, 0.3) is 0 Å². The number of aromatic nitrogens is 3. The molecule has 0 radical (unpaired) electrons. The number of nitrogens with one attached hydrogen (secondary N) is 1. The molecule has 1 N–H and O–H groups in total. The summed E-state index contributed by atoms with van der Waals surface area (Å²) in [6.07, 6.45) is 6.48. The maximum absolute atomic E-state index is 4.29. The van der Waals surface area contributed by atoms with E-state index >= 15 is 0 Å². The summed E-state index contributed by atoms with van der Waals surface area (Å²) >= 11 is 2.16. The largest absolute Gasteiger partial charge is 0.337 e. The summed E-state index contributed by atoms with van der Waals surface area (Å²) < 4.78 is 0.937. The van der Waals surface area contributed by atoms with Crippen LogP contribution in [0.15, 0.2) is 42.3 Å². The summed E-state index contributed by atoms with van der Waals surface area (Å²) in [6, 6.07) is 3.86. The molecule has 0 saturated heterocycles. The van der Waals surface area contributed by atoms with Crippen molar-refractivity contribution in [2.75, 3.05) is 5.32 Å². The fourth-order valence-electron chi connectivity index (χ4n) is 1.43. The molecule has 2 aromatic rings. The Morgan fingerprint density at radius 3 is 2.84 bits per heavy atom. The fourth-order valence-corrected chi connectivity index (χ4v) is 1.75. The van der Waals surface area contributed by atoms with Gasteiger partial charge in [0.2, 0.25) is 0 Å². The van der Waals surface area contributed by atoms with Gasteiger partial charge < -0.3 is 5.32 Å². The first-order chi connectivity index (χ1) is 9.20. The van der Waals surface area contributed by atoms with E-state index in [-0.39, 0.29) is 0 Å². The molecular formula is C13H12IN5. The van der Waals surface area contributed by atoms with E-state index in [4.69, 9.17) is 0 Å². The van der Waals surface area contributed by atoms with E-state index in [9.17, 15) is 0 Å². The molecule has 2 rings (SSSR count). The van der Waals surface area contributed by atoms with Crippen molar-refractivity contribution in [1.82, 2.24) is 15.0 Å². The lowest BCUT2D eigenvalue weighted by atomic mass is 10.3. The number of aryl methyl sites for hydroxylation is 1. The van der Waals surface area contributed by atoms with Crippen molar-refractivity contribution in [2.24, 2.45) is 4.99 Å².